The minimum atomic E-state index is -0.333. The average Bonchev–Trinajstić information content (AvgIpc) is 2.02. The Morgan fingerprint density at radius 3 is 2.73 bits per heavy atom. The van der Waals surface area contributed by atoms with Crippen LogP contribution in [0.5, 0.6) is 0 Å². The number of carbonyl (C=O) groups excluding carboxylic acids is 1. The van der Waals surface area contributed by atoms with Crippen molar-refractivity contribution in [2.75, 3.05) is 14.1 Å². The molecule has 0 aliphatic rings. The molecule has 0 bridgehead atoms. The van der Waals surface area contributed by atoms with Crippen LogP contribution in [0.4, 0.5) is 0 Å². The molecular formula is C6H12N4O. The molecule has 0 aliphatic carbocycles. The first-order chi connectivity index (χ1) is 5.11. The minimum Gasteiger partial charge on any atom is -0.393 e. The molecule has 5 nitrogen and oxygen atoms in total. The highest BCUT2D eigenvalue weighted by atomic mass is 16.1. The molecule has 0 aromatic heterocycles. The number of hydrogen-bond donors (Lipinski definition) is 2. The first-order valence-electron chi connectivity index (χ1n) is 3.00. The van der Waals surface area contributed by atoms with Crippen LogP contribution < -0.4 is 11.1 Å². The molecule has 3 N–H and O–H groups in total. The molecule has 0 heterocycles. The Morgan fingerprint density at radius 2 is 2.36 bits per heavy atom. The molecule has 0 spiro atoms. The van der Waals surface area contributed by atoms with Gasteiger partial charge in [0, 0.05) is 20.8 Å². The molecule has 11 heavy (non-hydrogen) atoms. The molecule has 0 unspecified atom stereocenters. The zero-order valence-corrected chi connectivity index (χ0v) is 6.66. The Balaban J connectivity index is 4.20. The van der Waals surface area contributed by atoms with Crippen LogP contribution in [0.15, 0.2) is 17.0 Å². The van der Waals surface area contributed by atoms with Gasteiger partial charge in [0.15, 0.2) is 0 Å². The van der Waals surface area contributed by atoms with Crippen LogP contribution in [-0.2, 0) is 4.79 Å². The van der Waals surface area contributed by atoms with Crippen molar-refractivity contribution < 1.29 is 4.79 Å². The normalized spacial score (nSPS) is 10.5. The van der Waals surface area contributed by atoms with E-state index in [1.807, 2.05) is 0 Å². The number of rotatable bonds is 3. The van der Waals surface area contributed by atoms with Gasteiger partial charge in [-0.1, -0.05) is 0 Å². The molecule has 0 atom stereocenters. The lowest BCUT2D eigenvalue weighted by Crippen LogP contribution is -2.26. The first kappa shape index (κ1) is 9.48. The summed E-state index contributed by atoms with van der Waals surface area (Å²) >= 11 is 0. The van der Waals surface area contributed by atoms with Crippen molar-refractivity contribution in [1.82, 2.24) is 10.3 Å². The van der Waals surface area contributed by atoms with E-state index < -0.39 is 0 Å². The van der Waals surface area contributed by atoms with Gasteiger partial charge in [0.2, 0.25) is 0 Å². The molecule has 62 valence electrons. The summed E-state index contributed by atoms with van der Waals surface area (Å²) < 4.78 is 0. The second kappa shape index (κ2) is 4.32. The standard InChI is InChI=1S/C6H12N4O/c1-8-6(11)5(7)4-10(3)9-2/h4H,2,7H2,1,3H3,(H,8,11)/b5-4-. The Labute approximate surface area is 65.6 Å². The minimum absolute atomic E-state index is 0.0994. The molecule has 5 heteroatoms. The molecule has 0 rings (SSSR count). The summed E-state index contributed by atoms with van der Waals surface area (Å²) in [6, 6.07) is 0. The van der Waals surface area contributed by atoms with Gasteiger partial charge in [-0.2, -0.15) is 5.10 Å². The van der Waals surface area contributed by atoms with Gasteiger partial charge in [-0.25, -0.2) is 0 Å². The van der Waals surface area contributed by atoms with Crippen LogP contribution in [0, 0.1) is 0 Å². The summed E-state index contributed by atoms with van der Waals surface area (Å²) in [6.07, 6.45) is 1.38. The van der Waals surface area contributed by atoms with Gasteiger partial charge in [-0.15, -0.1) is 0 Å². The number of hydrogen-bond acceptors (Lipinski definition) is 4. The van der Waals surface area contributed by atoms with Crippen molar-refractivity contribution in [2.45, 2.75) is 0 Å². The van der Waals surface area contributed by atoms with E-state index in [1.165, 1.54) is 18.3 Å². The lowest BCUT2D eigenvalue weighted by atomic mass is 10.4. The van der Waals surface area contributed by atoms with Crippen LogP contribution in [0.3, 0.4) is 0 Å². The number of nitrogens with zero attached hydrogens (tertiary/aromatic N) is 2. The van der Waals surface area contributed by atoms with E-state index in [1.54, 1.807) is 7.05 Å². The van der Waals surface area contributed by atoms with E-state index in [0.29, 0.717) is 0 Å². The fraction of sp³-hybridized carbons (Fsp3) is 0.333. The van der Waals surface area contributed by atoms with Gasteiger partial charge in [0.25, 0.3) is 5.91 Å². The highest BCUT2D eigenvalue weighted by Crippen LogP contribution is 1.88. The maximum absolute atomic E-state index is 10.8. The number of likely N-dealkylation sites (N-methyl/N-ethyl adjacent to an activating group) is 1. The third-order valence-electron chi connectivity index (χ3n) is 1.04. The second-order valence-electron chi connectivity index (χ2n) is 1.88. The third kappa shape index (κ3) is 3.24. The summed E-state index contributed by atoms with van der Waals surface area (Å²) in [5, 5.41) is 7.22. The largest absolute Gasteiger partial charge is 0.393 e. The smallest absolute Gasteiger partial charge is 0.268 e. The highest BCUT2D eigenvalue weighted by Gasteiger charge is 2.00. The van der Waals surface area contributed by atoms with Crippen LogP contribution in [-0.4, -0.2) is 31.7 Å². The quantitative estimate of drug-likeness (QED) is 0.315. The van der Waals surface area contributed by atoms with Crippen LogP contribution in [0.25, 0.3) is 0 Å². The fourth-order valence-corrected chi connectivity index (χ4v) is 0.445. The SMILES string of the molecule is C=NN(C)/C=C(\N)C(=O)NC. The summed E-state index contributed by atoms with van der Waals surface area (Å²) in [4.78, 5) is 10.8. The number of amides is 1. The highest BCUT2D eigenvalue weighted by molar-refractivity contribution is 5.91. The van der Waals surface area contributed by atoms with Gasteiger partial charge in [0.05, 0.1) is 6.20 Å². The number of carbonyl (C=O) groups is 1. The average molecular weight is 156 g/mol. The monoisotopic (exact) mass is 156 g/mol. The molecule has 0 aliphatic heterocycles. The van der Waals surface area contributed by atoms with Gasteiger partial charge in [0.1, 0.15) is 5.70 Å². The summed E-state index contributed by atoms with van der Waals surface area (Å²) in [6.45, 7) is 3.24. The van der Waals surface area contributed by atoms with Crippen LogP contribution >= 0.6 is 0 Å². The lowest BCUT2D eigenvalue weighted by molar-refractivity contribution is -0.117. The number of nitrogens with two attached hydrogens (primary N) is 1. The van der Waals surface area contributed by atoms with Gasteiger partial charge < -0.3 is 11.1 Å². The lowest BCUT2D eigenvalue weighted by Gasteiger charge is -2.06. The van der Waals surface area contributed by atoms with E-state index in [4.69, 9.17) is 5.73 Å². The third-order valence-corrected chi connectivity index (χ3v) is 1.04. The molecule has 0 fully saturated rings. The van der Waals surface area contributed by atoms with Crippen molar-refractivity contribution >= 4 is 12.6 Å². The number of hydrazone groups is 1. The van der Waals surface area contributed by atoms with E-state index in [2.05, 4.69) is 17.1 Å². The zero-order valence-electron chi connectivity index (χ0n) is 6.66. The van der Waals surface area contributed by atoms with Crippen LogP contribution in [0.2, 0.25) is 0 Å². The first-order valence-corrected chi connectivity index (χ1v) is 3.00. The maximum Gasteiger partial charge on any atom is 0.268 e. The molecule has 0 saturated carbocycles. The van der Waals surface area contributed by atoms with Crippen molar-refractivity contribution in [2.24, 2.45) is 10.8 Å². The van der Waals surface area contributed by atoms with E-state index in [0.717, 1.165) is 0 Å². The predicted octanol–water partition coefficient (Wildman–Crippen LogP) is -0.920. The summed E-state index contributed by atoms with van der Waals surface area (Å²) in [5.41, 5.74) is 5.42. The topological polar surface area (TPSA) is 70.7 Å². The number of nitrogens with one attached hydrogen (secondary N) is 1. The molecule has 0 radical (unpaired) electrons. The summed E-state index contributed by atoms with van der Waals surface area (Å²) in [5.74, 6) is -0.333. The fourth-order valence-electron chi connectivity index (χ4n) is 0.445. The molecule has 1 amide bonds. The van der Waals surface area contributed by atoms with Crippen LogP contribution in [0.1, 0.15) is 0 Å². The predicted molar refractivity (Wildman–Crippen MR) is 43.6 cm³/mol. The molecule has 0 saturated heterocycles. The van der Waals surface area contributed by atoms with Crippen molar-refractivity contribution in [1.29, 1.82) is 0 Å². The molecule has 0 aromatic rings. The van der Waals surface area contributed by atoms with Crippen molar-refractivity contribution in [3.05, 3.63) is 11.9 Å². The van der Waals surface area contributed by atoms with Crippen molar-refractivity contribution in [3.8, 4) is 0 Å². The van der Waals surface area contributed by atoms with Gasteiger partial charge in [-0.3, -0.25) is 9.80 Å². The Kier molecular flexibility index (Phi) is 3.72. The second-order valence-corrected chi connectivity index (χ2v) is 1.88. The summed E-state index contributed by atoms with van der Waals surface area (Å²) in [7, 11) is 3.13. The van der Waals surface area contributed by atoms with Crippen molar-refractivity contribution in [3.63, 3.8) is 0 Å². The Morgan fingerprint density at radius 1 is 1.82 bits per heavy atom. The Bertz CT molecular complexity index is 187. The van der Waals surface area contributed by atoms with Gasteiger partial charge >= 0.3 is 0 Å². The Hall–Kier alpha value is -1.52. The van der Waals surface area contributed by atoms with Gasteiger partial charge in [-0.05, 0) is 0 Å². The zero-order chi connectivity index (χ0) is 8.85. The molecule has 0 aromatic carbocycles. The molecular weight excluding hydrogens is 144 g/mol. The van der Waals surface area contributed by atoms with E-state index >= 15 is 0 Å². The maximum atomic E-state index is 10.8. The van der Waals surface area contributed by atoms with E-state index in [9.17, 15) is 4.79 Å². The van der Waals surface area contributed by atoms with E-state index in [-0.39, 0.29) is 11.6 Å².